The summed E-state index contributed by atoms with van der Waals surface area (Å²) in [5.74, 6) is -1.17. The minimum absolute atomic E-state index is 0.217. The minimum atomic E-state index is -0.905. The van der Waals surface area contributed by atoms with E-state index in [0.29, 0.717) is 27.2 Å². The molecule has 3 aromatic rings. The van der Waals surface area contributed by atoms with Gasteiger partial charge in [0.25, 0.3) is 0 Å². The maximum Gasteiger partial charge on any atom is 0.329 e. The first-order valence-electron chi connectivity index (χ1n) is 9.81. The van der Waals surface area contributed by atoms with Crippen LogP contribution in [-0.2, 0) is 16.2 Å². The van der Waals surface area contributed by atoms with Crippen molar-refractivity contribution in [2.45, 2.75) is 13.5 Å². The van der Waals surface area contributed by atoms with Gasteiger partial charge in [-0.15, -0.1) is 0 Å². The van der Waals surface area contributed by atoms with Crippen molar-refractivity contribution in [1.82, 2.24) is 5.43 Å². The number of hydrogen-bond donors (Lipinski definition) is 2. The summed E-state index contributed by atoms with van der Waals surface area (Å²) < 4.78 is 24.8. The summed E-state index contributed by atoms with van der Waals surface area (Å²) in [7, 11) is 1.49. The van der Waals surface area contributed by atoms with Crippen LogP contribution in [0.4, 0.5) is 10.1 Å². The fraction of sp³-hybridized carbons (Fsp3) is 0.125. The van der Waals surface area contributed by atoms with Gasteiger partial charge in [-0.1, -0.05) is 29.8 Å². The fourth-order valence-corrected chi connectivity index (χ4v) is 3.31. The van der Waals surface area contributed by atoms with Crippen LogP contribution < -0.4 is 20.2 Å². The van der Waals surface area contributed by atoms with E-state index >= 15 is 0 Å². The molecule has 0 unspecified atom stereocenters. The van der Waals surface area contributed by atoms with E-state index in [1.807, 2.05) is 19.1 Å². The van der Waals surface area contributed by atoms with Crippen molar-refractivity contribution in [2.75, 3.05) is 12.4 Å². The topological polar surface area (TPSA) is 89.0 Å². The summed E-state index contributed by atoms with van der Waals surface area (Å²) >= 11 is 3.43. The molecule has 7 nitrogen and oxygen atoms in total. The van der Waals surface area contributed by atoms with E-state index in [4.69, 9.17) is 9.47 Å². The second-order valence-corrected chi connectivity index (χ2v) is 7.82. The lowest BCUT2D eigenvalue weighted by atomic mass is 10.2. The third kappa shape index (κ3) is 6.88. The lowest BCUT2D eigenvalue weighted by molar-refractivity contribution is -0.136. The predicted octanol–water partition coefficient (Wildman–Crippen LogP) is 4.57. The highest BCUT2D eigenvalue weighted by atomic mass is 79.9. The molecule has 0 heterocycles. The number of halogens is 2. The van der Waals surface area contributed by atoms with Crippen LogP contribution in [0.1, 0.15) is 16.7 Å². The molecule has 2 N–H and O–H groups in total. The number of rotatable bonds is 7. The molecule has 0 saturated carbocycles. The number of nitrogens with one attached hydrogen (secondary N) is 2. The minimum Gasteiger partial charge on any atom is -0.493 e. The Morgan fingerprint density at radius 1 is 1.06 bits per heavy atom. The monoisotopic (exact) mass is 513 g/mol. The number of benzene rings is 3. The van der Waals surface area contributed by atoms with Gasteiger partial charge >= 0.3 is 11.8 Å². The highest BCUT2D eigenvalue weighted by Gasteiger charge is 2.14. The van der Waals surface area contributed by atoms with Crippen molar-refractivity contribution in [3.63, 3.8) is 0 Å². The van der Waals surface area contributed by atoms with Crippen molar-refractivity contribution < 1.29 is 23.5 Å². The average Bonchev–Trinajstić information content (AvgIpc) is 2.80. The Hall–Kier alpha value is -3.72. The SMILES string of the molecule is COc1cc(C=NNC(=O)C(=O)Nc2ccc(C)cc2)cc(Br)c1OCc1ccc(F)cc1. The van der Waals surface area contributed by atoms with Gasteiger partial charge in [-0.3, -0.25) is 9.59 Å². The molecule has 0 aliphatic rings. The van der Waals surface area contributed by atoms with Crippen LogP contribution in [0, 0.1) is 12.7 Å². The van der Waals surface area contributed by atoms with Gasteiger partial charge < -0.3 is 14.8 Å². The number of nitrogens with zero attached hydrogens (tertiary/aromatic N) is 1. The van der Waals surface area contributed by atoms with Crippen molar-refractivity contribution >= 4 is 39.6 Å². The van der Waals surface area contributed by atoms with Crippen LogP contribution in [0.15, 0.2) is 70.2 Å². The lowest BCUT2D eigenvalue weighted by Gasteiger charge is -2.13. The lowest BCUT2D eigenvalue weighted by Crippen LogP contribution is -2.32. The van der Waals surface area contributed by atoms with E-state index in [-0.39, 0.29) is 12.4 Å². The second kappa shape index (κ2) is 11.2. The zero-order valence-corrected chi connectivity index (χ0v) is 19.5. The van der Waals surface area contributed by atoms with Crippen LogP contribution >= 0.6 is 15.9 Å². The van der Waals surface area contributed by atoms with Crippen molar-refractivity contribution in [1.29, 1.82) is 0 Å². The molecule has 0 spiro atoms. The summed E-state index contributed by atoms with van der Waals surface area (Å²) in [5, 5.41) is 6.32. The molecule has 0 saturated heterocycles. The first kappa shape index (κ1) is 23.9. The summed E-state index contributed by atoms with van der Waals surface area (Å²) in [6.45, 7) is 2.14. The molecule has 0 fully saturated rings. The maximum atomic E-state index is 13.1. The van der Waals surface area contributed by atoms with E-state index in [9.17, 15) is 14.0 Å². The van der Waals surface area contributed by atoms with Crippen molar-refractivity contribution in [2.24, 2.45) is 5.10 Å². The molecule has 0 aliphatic heterocycles. The number of methoxy groups -OCH3 is 1. The molecular weight excluding hydrogens is 493 g/mol. The van der Waals surface area contributed by atoms with Gasteiger partial charge in [-0.25, -0.2) is 9.82 Å². The van der Waals surface area contributed by atoms with Gasteiger partial charge in [-0.2, -0.15) is 5.10 Å². The number of carbonyl (C=O) groups excluding carboxylic acids is 2. The average molecular weight is 514 g/mol. The molecule has 0 aromatic heterocycles. The van der Waals surface area contributed by atoms with Gasteiger partial charge in [-0.05, 0) is 70.4 Å². The number of anilines is 1. The van der Waals surface area contributed by atoms with E-state index in [1.54, 1.807) is 36.4 Å². The number of aryl methyl sites for hydroxylation is 1. The molecule has 0 aliphatic carbocycles. The van der Waals surface area contributed by atoms with Crippen LogP contribution in [0.5, 0.6) is 11.5 Å². The number of hydrogen-bond acceptors (Lipinski definition) is 5. The van der Waals surface area contributed by atoms with E-state index < -0.39 is 11.8 Å². The number of amides is 2. The normalized spacial score (nSPS) is 10.7. The largest absolute Gasteiger partial charge is 0.493 e. The van der Waals surface area contributed by atoms with E-state index in [1.165, 1.54) is 25.5 Å². The Morgan fingerprint density at radius 3 is 2.42 bits per heavy atom. The quantitative estimate of drug-likeness (QED) is 0.275. The molecule has 170 valence electrons. The van der Waals surface area contributed by atoms with Gasteiger partial charge in [0.15, 0.2) is 11.5 Å². The van der Waals surface area contributed by atoms with Gasteiger partial charge in [0.05, 0.1) is 17.8 Å². The summed E-state index contributed by atoms with van der Waals surface area (Å²) in [6, 6.07) is 16.4. The Bertz CT molecular complexity index is 1170. The summed E-state index contributed by atoms with van der Waals surface area (Å²) in [6.07, 6.45) is 1.37. The van der Waals surface area contributed by atoms with Gasteiger partial charge in [0, 0.05) is 5.69 Å². The summed E-state index contributed by atoms with van der Waals surface area (Å²) in [4.78, 5) is 24.0. The fourth-order valence-electron chi connectivity index (χ4n) is 2.73. The molecule has 0 bridgehead atoms. The highest BCUT2D eigenvalue weighted by Crippen LogP contribution is 2.36. The Morgan fingerprint density at radius 2 is 1.76 bits per heavy atom. The third-order valence-electron chi connectivity index (χ3n) is 4.44. The molecular formula is C24H21BrFN3O4. The van der Waals surface area contributed by atoms with Crippen LogP contribution in [0.2, 0.25) is 0 Å². The first-order chi connectivity index (χ1) is 15.9. The second-order valence-electron chi connectivity index (χ2n) is 6.97. The zero-order chi connectivity index (χ0) is 23.8. The molecule has 9 heteroatoms. The van der Waals surface area contributed by atoms with E-state index in [0.717, 1.165) is 11.1 Å². The third-order valence-corrected chi connectivity index (χ3v) is 5.03. The smallest absolute Gasteiger partial charge is 0.329 e. The Balaban J connectivity index is 1.61. The van der Waals surface area contributed by atoms with Crippen LogP contribution in [0.25, 0.3) is 0 Å². The maximum absolute atomic E-state index is 13.1. The standard InChI is InChI=1S/C24H21BrFN3O4/c1-15-3-9-19(10-4-15)28-23(30)24(31)29-27-13-17-11-20(25)22(21(12-17)32-2)33-14-16-5-7-18(26)8-6-16/h3-13H,14H2,1-2H3,(H,28,30)(H,29,31). The highest BCUT2D eigenvalue weighted by molar-refractivity contribution is 9.10. The van der Waals surface area contributed by atoms with Crippen LogP contribution in [0.3, 0.4) is 0 Å². The Labute approximate surface area is 198 Å². The molecule has 33 heavy (non-hydrogen) atoms. The van der Waals surface area contributed by atoms with Crippen molar-refractivity contribution in [3.05, 3.63) is 87.6 Å². The molecule has 2 amide bonds. The molecule has 0 atom stereocenters. The van der Waals surface area contributed by atoms with E-state index in [2.05, 4.69) is 31.8 Å². The Kier molecular flexibility index (Phi) is 8.15. The van der Waals surface area contributed by atoms with Crippen LogP contribution in [-0.4, -0.2) is 25.1 Å². The predicted molar refractivity (Wildman–Crippen MR) is 127 cm³/mol. The first-order valence-corrected chi connectivity index (χ1v) is 10.6. The number of ether oxygens (including phenoxy) is 2. The van der Waals surface area contributed by atoms with Gasteiger partial charge in [0.2, 0.25) is 0 Å². The summed E-state index contributed by atoms with van der Waals surface area (Å²) in [5.41, 5.74) is 5.12. The zero-order valence-electron chi connectivity index (χ0n) is 17.9. The number of carbonyl (C=O) groups is 2. The number of hydrazone groups is 1. The molecule has 3 aromatic carbocycles. The van der Waals surface area contributed by atoms with Crippen molar-refractivity contribution in [3.8, 4) is 11.5 Å². The van der Waals surface area contributed by atoms with Gasteiger partial charge in [0.1, 0.15) is 12.4 Å². The molecule has 3 rings (SSSR count). The molecule has 0 radical (unpaired) electrons.